The maximum absolute atomic E-state index is 11.4. The van der Waals surface area contributed by atoms with Gasteiger partial charge in [0.05, 0.1) is 22.9 Å². The minimum Gasteiger partial charge on any atom is -0.494 e. The Balaban J connectivity index is 1.96. The smallest absolute Gasteiger partial charge is 0.337 e. The van der Waals surface area contributed by atoms with Crippen molar-refractivity contribution in [3.63, 3.8) is 0 Å². The number of rotatable bonds is 6. The summed E-state index contributed by atoms with van der Waals surface area (Å²) in [6.45, 7) is 6.49. The van der Waals surface area contributed by atoms with E-state index in [0.717, 1.165) is 34.1 Å². The van der Waals surface area contributed by atoms with Crippen LogP contribution < -0.4 is 4.74 Å². The molecule has 0 amide bonds. The number of nitrogens with zero attached hydrogens (tertiary/aromatic N) is 2. The standard InChI is InChI=1S/C22H21ClN2O3/c1-4-28-19-7-5-6-17(11-19)24-13-16-10-14(2)25(15(16)3)18-8-9-21(23)20(12-18)22(26)27/h5-13H,4H2,1-3H3,(H,26,27). The summed E-state index contributed by atoms with van der Waals surface area (Å²) in [4.78, 5) is 15.9. The van der Waals surface area contributed by atoms with Gasteiger partial charge in [-0.05, 0) is 57.2 Å². The molecule has 144 valence electrons. The van der Waals surface area contributed by atoms with Crippen LogP contribution in [-0.2, 0) is 0 Å². The summed E-state index contributed by atoms with van der Waals surface area (Å²) in [5.41, 5.74) is 4.51. The molecule has 0 saturated carbocycles. The number of carbonyl (C=O) groups is 1. The van der Waals surface area contributed by atoms with Gasteiger partial charge in [0.25, 0.3) is 0 Å². The predicted octanol–water partition coefficient (Wildman–Crippen LogP) is 5.60. The molecule has 1 aromatic heterocycles. The summed E-state index contributed by atoms with van der Waals surface area (Å²) in [6, 6.07) is 14.6. The zero-order valence-corrected chi connectivity index (χ0v) is 16.7. The van der Waals surface area contributed by atoms with Crippen LogP contribution in [0.3, 0.4) is 0 Å². The zero-order chi connectivity index (χ0) is 20.3. The highest BCUT2D eigenvalue weighted by atomic mass is 35.5. The monoisotopic (exact) mass is 396 g/mol. The average Bonchev–Trinajstić information content (AvgIpc) is 2.94. The third-order valence-electron chi connectivity index (χ3n) is 4.39. The second-order valence-corrected chi connectivity index (χ2v) is 6.73. The Morgan fingerprint density at radius 1 is 1.21 bits per heavy atom. The van der Waals surface area contributed by atoms with E-state index in [0.29, 0.717) is 6.61 Å². The van der Waals surface area contributed by atoms with Crippen molar-refractivity contribution in [2.24, 2.45) is 4.99 Å². The Hall–Kier alpha value is -3.05. The first-order valence-electron chi connectivity index (χ1n) is 8.89. The van der Waals surface area contributed by atoms with Gasteiger partial charge in [0, 0.05) is 34.9 Å². The number of aliphatic imine (C=N–C) groups is 1. The van der Waals surface area contributed by atoms with Crippen LogP contribution in [-0.4, -0.2) is 28.5 Å². The molecule has 0 aliphatic rings. The van der Waals surface area contributed by atoms with Crippen molar-refractivity contribution in [2.45, 2.75) is 20.8 Å². The Labute approximate surface area is 168 Å². The summed E-state index contributed by atoms with van der Waals surface area (Å²) in [5.74, 6) is -0.268. The maximum Gasteiger partial charge on any atom is 0.337 e. The molecule has 0 radical (unpaired) electrons. The van der Waals surface area contributed by atoms with Crippen molar-refractivity contribution in [3.8, 4) is 11.4 Å². The lowest BCUT2D eigenvalue weighted by atomic mass is 10.2. The first-order chi connectivity index (χ1) is 13.4. The predicted molar refractivity (Wildman–Crippen MR) is 112 cm³/mol. The van der Waals surface area contributed by atoms with Crippen LogP contribution in [0, 0.1) is 13.8 Å². The first kappa shape index (κ1) is 19.7. The van der Waals surface area contributed by atoms with Crippen LogP contribution >= 0.6 is 11.6 Å². The number of aromatic nitrogens is 1. The lowest BCUT2D eigenvalue weighted by Crippen LogP contribution is -2.03. The molecule has 1 N–H and O–H groups in total. The summed E-state index contributed by atoms with van der Waals surface area (Å²) >= 11 is 5.99. The number of carboxylic acid groups (broad SMARTS) is 1. The van der Waals surface area contributed by atoms with E-state index in [9.17, 15) is 9.90 Å². The highest BCUT2D eigenvalue weighted by Crippen LogP contribution is 2.25. The molecule has 5 nitrogen and oxygen atoms in total. The number of hydrogen-bond acceptors (Lipinski definition) is 3. The summed E-state index contributed by atoms with van der Waals surface area (Å²) in [5, 5.41) is 9.54. The fourth-order valence-electron chi connectivity index (χ4n) is 3.10. The molecule has 0 saturated heterocycles. The lowest BCUT2D eigenvalue weighted by Gasteiger charge is -2.11. The Morgan fingerprint density at radius 2 is 2.00 bits per heavy atom. The second kappa shape index (κ2) is 8.31. The van der Waals surface area contributed by atoms with Crippen molar-refractivity contribution in [1.82, 2.24) is 4.57 Å². The number of benzene rings is 2. The van der Waals surface area contributed by atoms with Gasteiger partial charge in [-0.15, -0.1) is 0 Å². The Bertz CT molecular complexity index is 1050. The Morgan fingerprint density at radius 3 is 2.71 bits per heavy atom. The topological polar surface area (TPSA) is 63.8 Å². The SMILES string of the molecule is CCOc1cccc(N=Cc2cc(C)n(-c3ccc(Cl)c(C(=O)O)c3)c2C)c1. The molecule has 0 aliphatic carbocycles. The number of aromatic carboxylic acids is 1. The number of ether oxygens (including phenoxy) is 1. The summed E-state index contributed by atoms with van der Waals surface area (Å²) in [6.07, 6.45) is 1.80. The minimum atomic E-state index is -1.05. The summed E-state index contributed by atoms with van der Waals surface area (Å²) < 4.78 is 7.49. The van der Waals surface area contributed by atoms with Crippen LogP contribution in [0.15, 0.2) is 53.5 Å². The number of hydrogen-bond donors (Lipinski definition) is 1. The molecule has 0 fully saturated rings. The molecule has 0 unspecified atom stereocenters. The fourth-order valence-corrected chi connectivity index (χ4v) is 3.29. The maximum atomic E-state index is 11.4. The average molecular weight is 397 g/mol. The molecule has 1 heterocycles. The fraction of sp³-hybridized carbons (Fsp3) is 0.182. The van der Waals surface area contributed by atoms with E-state index in [1.165, 1.54) is 0 Å². The second-order valence-electron chi connectivity index (χ2n) is 6.32. The van der Waals surface area contributed by atoms with Gasteiger partial charge in [0.1, 0.15) is 5.75 Å². The van der Waals surface area contributed by atoms with Crippen LogP contribution in [0.5, 0.6) is 5.75 Å². The van der Waals surface area contributed by atoms with Gasteiger partial charge in [0.2, 0.25) is 0 Å². The first-order valence-corrected chi connectivity index (χ1v) is 9.27. The lowest BCUT2D eigenvalue weighted by molar-refractivity contribution is 0.0697. The van der Waals surface area contributed by atoms with Crippen molar-refractivity contribution in [3.05, 3.63) is 76.1 Å². The van der Waals surface area contributed by atoms with E-state index in [1.54, 1.807) is 24.4 Å². The highest BCUT2D eigenvalue weighted by molar-refractivity contribution is 6.33. The van der Waals surface area contributed by atoms with E-state index in [-0.39, 0.29) is 10.6 Å². The zero-order valence-electron chi connectivity index (χ0n) is 15.9. The molecule has 3 aromatic rings. The van der Waals surface area contributed by atoms with E-state index in [2.05, 4.69) is 4.99 Å². The van der Waals surface area contributed by atoms with Gasteiger partial charge >= 0.3 is 5.97 Å². The Kier molecular flexibility index (Phi) is 5.85. The van der Waals surface area contributed by atoms with Crippen molar-refractivity contribution >= 4 is 29.5 Å². The van der Waals surface area contributed by atoms with E-state index in [4.69, 9.17) is 16.3 Å². The molecular formula is C22H21ClN2O3. The van der Waals surface area contributed by atoms with Gasteiger partial charge < -0.3 is 14.4 Å². The van der Waals surface area contributed by atoms with Gasteiger partial charge in [-0.25, -0.2) is 4.79 Å². The largest absolute Gasteiger partial charge is 0.494 e. The van der Waals surface area contributed by atoms with E-state index >= 15 is 0 Å². The molecular weight excluding hydrogens is 376 g/mol. The van der Waals surface area contributed by atoms with Crippen LogP contribution in [0.25, 0.3) is 5.69 Å². The third-order valence-corrected chi connectivity index (χ3v) is 4.72. The molecule has 3 rings (SSSR count). The summed E-state index contributed by atoms with van der Waals surface area (Å²) in [7, 11) is 0. The van der Waals surface area contributed by atoms with E-state index in [1.807, 2.05) is 55.7 Å². The molecule has 0 bridgehead atoms. The molecule has 2 aromatic carbocycles. The van der Waals surface area contributed by atoms with Gasteiger partial charge in [0.15, 0.2) is 0 Å². The van der Waals surface area contributed by atoms with Gasteiger partial charge in [-0.3, -0.25) is 4.99 Å². The van der Waals surface area contributed by atoms with Crippen LogP contribution in [0.4, 0.5) is 5.69 Å². The number of aryl methyl sites for hydroxylation is 1. The van der Waals surface area contributed by atoms with Crippen molar-refractivity contribution in [2.75, 3.05) is 6.61 Å². The quantitative estimate of drug-likeness (QED) is 0.552. The van der Waals surface area contributed by atoms with Gasteiger partial charge in [-0.2, -0.15) is 0 Å². The van der Waals surface area contributed by atoms with Crippen LogP contribution in [0.1, 0.15) is 34.2 Å². The molecule has 0 atom stereocenters. The van der Waals surface area contributed by atoms with Crippen molar-refractivity contribution < 1.29 is 14.6 Å². The number of halogens is 1. The van der Waals surface area contributed by atoms with Gasteiger partial charge in [-0.1, -0.05) is 17.7 Å². The van der Waals surface area contributed by atoms with Crippen LogP contribution in [0.2, 0.25) is 5.02 Å². The minimum absolute atomic E-state index is 0.0784. The molecule has 0 spiro atoms. The number of carboxylic acids is 1. The highest BCUT2D eigenvalue weighted by Gasteiger charge is 2.14. The normalized spacial score (nSPS) is 11.1. The van der Waals surface area contributed by atoms with E-state index < -0.39 is 5.97 Å². The third kappa shape index (κ3) is 4.10. The molecule has 6 heteroatoms. The molecule has 28 heavy (non-hydrogen) atoms. The van der Waals surface area contributed by atoms with Crippen molar-refractivity contribution in [1.29, 1.82) is 0 Å². The molecule has 0 aliphatic heterocycles.